The summed E-state index contributed by atoms with van der Waals surface area (Å²) in [6.45, 7) is 1.68. The number of hydrogen-bond donors (Lipinski definition) is 2. The molecule has 25 heavy (non-hydrogen) atoms. The summed E-state index contributed by atoms with van der Waals surface area (Å²) >= 11 is 0. The number of hydrogen-bond acceptors (Lipinski definition) is 5. The fourth-order valence-corrected chi connectivity index (χ4v) is 3.10. The SMILES string of the molecule is Cn1cc(-c2cncc(C(=O)NC3CCCN(CC(N)=O)C3)c2)cn1. The number of aromatic nitrogens is 3. The van der Waals surface area contributed by atoms with Gasteiger partial charge in [-0.2, -0.15) is 5.10 Å². The minimum absolute atomic E-state index is 0.00245. The largest absolute Gasteiger partial charge is 0.369 e. The summed E-state index contributed by atoms with van der Waals surface area (Å²) in [5.41, 5.74) is 7.52. The molecule has 1 aliphatic heterocycles. The summed E-state index contributed by atoms with van der Waals surface area (Å²) in [5.74, 6) is -0.510. The maximum Gasteiger partial charge on any atom is 0.253 e. The van der Waals surface area contributed by atoms with Crippen molar-refractivity contribution in [3.05, 3.63) is 36.4 Å². The van der Waals surface area contributed by atoms with E-state index in [0.29, 0.717) is 12.1 Å². The van der Waals surface area contributed by atoms with E-state index < -0.39 is 0 Å². The van der Waals surface area contributed by atoms with Crippen molar-refractivity contribution in [1.29, 1.82) is 0 Å². The number of piperidine rings is 1. The van der Waals surface area contributed by atoms with Crippen LogP contribution in [0.2, 0.25) is 0 Å². The molecule has 0 radical (unpaired) electrons. The van der Waals surface area contributed by atoms with Gasteiger partial charge >= 0.3 is 0 Å². The van der Waals surface area contributed by atoms with E-state index in [9.17, 15) is 9.59 Å². The highest BCUT2D eigenvalue weighted by molar-refractivity contribution is 5.95. The molecule has 2 amide bonds. The first kappa shape index (κ1) is 17.1. The van der Waals surface area contributed by atoms with E-state index in [1.165, 1.54) is 0 Å². The molecule has 1 aliphatic rings. The Labute approximate surface area is 146 Å². The van der Waals surface area contributed by atoms with Crippen LogP contribution in [-0.2, 0) is 11.8 Å². The van der Waals surface area contributed by atoms with E-state index >= 15 is 0 Å². The smallest absolute Gasteiger partial charge is 0.253 e. The normalized spacial score (nSPS) is 18.0. The summed E-state index contributed by atoms with van der Waals surface area (Å²) in [6.07, 6.45) is 8.69. The number of carbonyl (C=O) groups excluding carboxylic acids is 2. The Kier molecular flexibility index (Phi) is 5.08. The molecule has 0 saturated carbocycles. The molecule has 1 saturated heterocycles. The standard InChI is InChI=1S/C17H22N6O2/c1-22-9-14(8-20-22)12-5-13(7-19-6-12)17(25)21-15-3-2-4-23(10-15)11-16(18)24/h5-9,15H,2-4,10-11H2,1H3,(H2,18,24)(H,21,25). The van der Waals surface area contributed by atoms with Gasteiger partial charge in [-0.1, -0.05) is 0 Å². The lowest BCUT2D eigenvalue weighted by atomic mass is 10.0. The molecule has 3 heterocycles. The van der Waals surface area contributed by atoms with Crippen molar-refractivity contribution in [3.63, 3.8) is 0 Å². The van der Waals surface area contributed by atoms with Gasteiger partial charge in [-0.3, -0.25) is 24.2 Å². The van der Waals surface area contributed by atoms with Crippen LogP contribution in [0.25, 0.3) is 11.1 Å². The van der Waals surface area contributed by atoms with E-state index in [0.717, 1.165) is 30.5 Å². The van der Waals surface area contributed by atoms with Crippen molar-refractivity contribution in [2.45, 2.75) is 18.9 Å². The molecule has 8 heteroatoms. The van der Waals surface area contributed by atoms with Crippen molar-refractivity contribution < 1.29 is 9.59 Å². The lowest BCUT2D eigenvalue weighted by molar-refractivity contribution is -0.119. The third-order valence-corrected chi connectivity index (χ3v) is 4.26. The lowest BCUT2D eigenvalue weighted by Crippen LogP contribution is -2.49. The number of likely N-dealkylation sites (tertiary alicyclic amines) is 1. The third kappa shape index (κ3) is 4.42. The number of pyridine rings is 1. The number of aryl methyl sites for hydroxylation is 1. The summed E-state index contributed by atoms with van der Waals surface area (Å²) in [4.78, 5) is 29.8. The van der Waals surface area contributed by atoms with Crippen LogP contribution in [0, 0.1) is 0 Å². The van der Waals surface area contributed by atoms with Crippen LogP contribution in [0.3, 0.4) is 0 Å². The molecular weight excluding hydrogens is 320 g/mol. The van der Waals surface area contributed by atoms with Gasteiger partial charge in [0.05, 0.1) is 18.3 Å². The molecule has 3 N–H and O–H groups in total. The maximum atomic E-state index is 12.5. The van der Waals surface area contributed by atoms with E-state index in [4.69, 9.17) is 5.73 Å². The molecule has 132 valence electrons. The van der Waals surface area contributed by atoms with Crippen molar-refractivity contribution >= 4 is 11.8 Å². The zero-order chi connectivity index (χ0) is 17.8. The average molecular weight is 342 g/mol. The van der Waals surface area contributed by atoms with Gasteiger partial charge in [0.15, 0.2) is 0 Å². The second-order valence-corrected chi connectivity index (χ2v) is 6.38. The van der Waals surface area contributed by atoms with E-state index in [2.05, 4.69) is 15.4 Å². The Hall–Kier alpha value is -2.74. The van der Waals surface area contributed by atoms with Crippen molar-refractivity contribution in [2.24, 2.45) is 12.8 Å². The van der Waals surface area contributed by atoms with Crippen LogP contribution in [0.4, 0.5) is 0 Å². The third-order valence-electron chi connectivity index (χ3n) is 4.26. The minimum Gasteiger partial charge on any atom is -0.369 e. The molecular formula is C17H22N6O2. The number of carbonyl (C=O) groups is 2. The van der Waals surface area contributed by atoms with Gasteiger partial charge in [0.25, 0.3) is 5.91 Å². The van der Waals surface area contributed by atoms with Crippen LogP contribution in [0.15, 0.2) is 30.9 Å². The second-order valence-electron chi connectivity index (χ2n) is 6.38. The summed E-state index contributed by atoms with van der Waals surface area (Å²) in [5, 5.41) is 7.17. The number of rotatable bonds is 5. The summed E-state index contributed by atoms with van der Waals surface area (Å²) in [6, 6.07) is 1.81. The van der Waals surface area contributed by atoms with E-state index in [-0.39, 0.29) is 24.4 Å². The Morgan fingerprint density at radius 3 is 2.88 bits per heavy atom. The van der Waals surface area contributed by atoms with E-state index in [1.807, 2.05) is 24.2 Å². The average Bonchev–Trinajstić information content (AvgIpc) is 3.01. The Morgan fingerprint density at radius 2 is 2.16 bits per heavy atom. The van der Waals surface area contributed by atoms with Crippen LogP contribution in [-0.4, -0.2) is 57.2 Å². The molecule has 2 aromatic heterocycles. The lowest BCUT2D eigenvalue weighted by Gasteiger charge is -2.32. The number of nitrogens with two attached hydrogens (primary N) is 1. The Balaban J connectivity index is 1.66. The molecule has 0 spiro atoms. The highest BCUT2D eigenvalue weighted by Gasteiger charge is 2.23. The molecule has 8 nitrogen and oxygen atoms in total. The molecule has 3 rings (SSSR count). The zero-order valence-electron chi connectivity index (χ0n) is 14.2. The fraction of sp³-hybridized carbons (Fsp3) is 0.412. The second kappa shape index (κ2) is 7.43. The highest BCUT2D eigenvalue weighted by atomic mass is 16.2. The predicted octanol–water partition coefficient (Wildman–Crippen LogP) is 0.162. The molecule has 0 bridgehead atoms. The summed E-state index contributed by atoms with van der Waals surface area (Å²) < 4.78 is 1.71. The number of amides is 2. The van der Waals surface area contributed by atoms with Crippen LogP contribution in [0.5, 0.6) is 0 Å². The van der Waals surface area contributed by atoms with Crippen LogP contribution >= 0.6 is 0 Å². The molecule has 0 aromatic carbocycles. The quantitative estimate of drug-likeness (QED) is 0.805. The van der Waals surface area contributed by atoms with Gasteiger partial charge in [0, 0.05) is 49.4 Å². The van der Waals surface area contributed by atoms with Crippen LogP contribution < -0.4 is 11.1 Å². The topological polar surface area (TPSA) is 106 Å². The van der Waals surface area contributed by atoms with Gasteiger partial charge in [0.2, 0.25) is 5.91 Å². The zero-order valence-corrected chi connectivity index (χ0v) is 14.2. The van der Waals surface area contributed by atoms with Gasteiger partial charge < -0.3 is 11.1 Å². The first-order chi connectivity index (χ1) is 12.0. The maximum absolute atomic E-state index is 12.5. The van der Waals surface area contributed by atoms with Gasteiger partial charge in [-0.05, 0) is 25.5 Å². The number of nitrogens with zero attached hydrogens (tertiary/aromatic N) is 4. The van der Waals surface area contributed by atoms with Crippen molar-refractivity contribution in [1.82, 2.24) is 25.0 Å². The minimum atomic E-state index is -0.347. The highest BCUT2D eigenvalue weighted by Crippen LogP contribution is 2.18. The van der Waals surface area contributed by atoms with Crippen molar-refractivity contribution in [2.75, 3.05) is 19.6 Å². The molecule has 1 fully saturated rings. The van der Waals surface area contributed by atoms with Crippen molar-refractivity contribution in [3.8, 4) is 11.1 Å². The fourth-order valence-electron chi connectivity index (χ4n) is 3.10. The summed E-state index contributed by atoms with van der Waals surface area (Å²) in [7, 11) is 1.84. The van der Waals surface area contributed by atoms with Gasteiger partial charge in [0.1, 0.15) is 0 Å². The van der Waals surface area contributed by atoms with Gasteiger partial charge in [-0.25, -0.2) is 0 Å². The first-order valence-electron chi connectivity index (χ1n) is 8.27. The Bertz CT molecular complexity index is 772. The van der Waals surface area contributed by atoms with Gasteiger partial charge in [-0.15, -0.1) is 0 Å². The number of primary amides is 1. The Morgan fingerprint density at radius 1 is 1.32 bits per heavy atom. The molecule has 1 atom stereocenters. The molecule has 0 aliphatic carbocycles. The molecule has 2 aromatic rings. The monoisotopic (exact) mass is 342 g/mol. The van der Waals surface area contributed by atoms with Crippen LogP contribution in [0.1, 0.15) is 23.2 Å². The molecule has 1 unspecified atom stereocenters. The predicted molar refractivity (Wildman–Crippen MR) is 92.6 cm³/mol. The first-order valence-corrected chi connectivity index (χ1v) is 8.27. The van der Waals surface area contributed by atoms with E-state index in [1.54, 1.807) is 23.3 Å². The number of nitrogens with one attached hydrogen (secondary N) is 1.